The maximum Gasteiger partial charge on any atom is 0.400 e. The maximum absolute atomic E-state index is 12.5. The number of alkyl halides is 3. The Labute approximate surface area is 113 Å². The van der Waals surface area contributed by atoms with Gasteiger partial charge in [-0.1, -0.05) is 36.0 Å². The topological polar surface area (TPSA) is 35.2 Å². The van der Waals surface area contributed by atoms with Crippen molar-refractivity contribution in [1.29, 1.82) is 0 Å². The smallest absolute Gasteiger partial charge is 0.393 e. The first-order chi connectivity index (χ1) is 8.30. The van der Waals surface area contributed by atoms with Gasteiger partial charge in [-0.2, -0.15) is 13.2 Å². The second-order valence-corrected chi connectivity index (χ2v) is 4.55. The van der Waals surface area contributed by atoms with E-state index in [2.05, 4.69) is 12.2 Å². The van der Waals surface area contributed by atoms with Crippen molar-refractivity contribution in [2.45, 2.75) is 12.8 Å². The molecular weight excluding hydrogens is 287 g/mol. The Morgan fingerprint density at radius 2 is 1.89 bits per heavy atom. The van der Waals surface area contributed by atoms with E-state index >= 15 is 0 Å². The Bertz CT molecular complexity index is 408. The molecular formula is C11H11ClF3NOS. The summed E-state index contributed by atoms with van der Waals surface area (Å²) in [6, 6.07) is 6.61. The number of hydrogen-bond acceptors (Lipinski definition) is 2. The normalized spacial score (nSPS) is 13.3. The van der Waals surface area contributed by atoms with Crippen LogP contribution in [0.2, 0.25) is 5.02 Å². The molecule has 1 rings (SSSR count). The number of thiocarbonyl (C=S) groups is 1. The van der Waals surface area contributed by atoms with Gasteiger partial charge in [-0.3, -0.25) is 0 Å². The van der Waals surface area contributed by atoms with Crippen LogP contribution in [0.1, 0.15) is 5.56 Å². The van der Waals surface area contributed by atoms with E-state index in [1.54, 1.807) is 24.3 Å². The van der Waals surface area contributed by atoms with Crippen LogP contribution in [-0.4, -0.2) is 17.8 Å². The van der Waals surface area contributed by atoms with Crippen molar-refractivity contribution < 1.29 is 17.9 Å². The van der Waals surface area contributed by atoms with E-state index in [9.17, 15) is 13.2 Å². The minimum absolute atomic E-state index is 0.0480. The van der Waals surface area contributed by atoms with Crippen molar-refractivity contribution in [2.24, 2.45) is 11.7 Å². The molecule has 2 nitrogen and oxygen atoms in total. The van der Waals surface area contributed by atoms with Crippen molar-refractivity contribution in [3.05, 3.63) is 34.9 Å². The quantitative estimate of drug-likeness (QED) is 0.847. The highest BCUT2D eigenvalue weighted by Gasteiger charge is 2.41. The minimum Gasteiger partial charge on any atom is -0.393 e. The first-order valence-electron chi connectivity index (χ1n) is 4.99. The van der Waals surface area contributed by atoms with E-state index in [-0.39, 0.29) is 6.61 Å². The van der Waals surface area contributed by atoms with Gasteiger partial charge in [0.2, 0.25) is 0 Å². The van der Waals surface area contributed by atoms with Crippen LogP contribution in [0.4, 0.5) is 13.2 Å². The molecule has 0 fully saturated rings. The summed E-state index contributed by atoms with van der Waals surface area (Å²) in [4.78, 5) is -0.612. The zero-order chi connectivity index (χ0) is 13.8. The molecule has 1 aromatic carbocycles. The van der Waals surface area contributed by atoms with Gasteiger partial charge in [-0.05, 0) is 17.7 Å². The summed E-state index contributed by atoms with van der Waals surface area (Å²) in [6.45, 7) is -0.534. The summed E-state index contributed by atoms with van der Waals surface area (Å²) >= 11 is 10.0. The van der Waals surface area contributed by atoms with Crippen molar-refractivity contribution in [1.82, 2.24) is 0 Å². The van der Waals surface area contributed by atoms with Crippen molar-refractivity contribution in [2.75, 3.05) is 6.61 Å². The molecule has 0 saturated carbocycles. The molecule has 0 bridgehead atoms. The lowest BCUT2D eigenvalue weighted by Gasteiger charge is -2.18. The van der Waals surface area contributed by atoms with Gasteiger partial charge in [-0.25, -0.2) is 0 Å². The van der Waals surface area contributed by atoms with Crippen molar-refractivity contribution >= 4 is 28.8 Å². The molecule has 0 aliphatic carbocycles. The highest BCUT2D eigenvalue weighted by atomic mass is 35.5. The maximum atomic E-state index is 12.5. The molecule has 1 unspecified atom stereocenters. The van der Waals surface area contributed by atoms with Crippen LogP contribution in [-0.2, 0) is 11.3 Å². The number of rotatable bonds is 5. The van der Waals surface area contributed by atoms with Crippen LogP contribution < -0.4 is 5.73 Å². The van der Waals surface area contributed by atoms with Crippen LogP contribution in [0.3, 0.4) is 0 Å². The van der Waals surface area contributed by atoms with Gasteiger partial charge < -0.3 is 10.5 Å². The molecule has 0 heterocycles. The van der Waals surface area contributed by atoms with Crippen molar-refractivity contribution in [3.8, 4) is 0 Å². The van der Waals surface area contributed by atoms with Crippen LogP contribution in [0.15, 0.2) is 24.3 Å². The number of nitrogens with two attached hydrogens (primary N) is 1. The zero-order valence-corrected chi connectivity index (χ0v) is 10.8. The lowest BCUT2D eigenvalue weighted by atomic mass is 10.1. The summed E-state index contributed by atoms with van der Waals surface area (Å²) in [7, 11) is 0. The van der Waals surface area contributed by atoms with Crippen molar-refractivity contribution in [3.63, 3.8) is 0 Å². The first-order valence-corrected chi connectivity index (χ1v) is 5.77. The molecule has 0 radical (unpaired) electrons. The highest BCUT2D eigenvalue weighted by Crippen LogP contribution is 2.27. The Balaban J connectivity index is 2.49. The molecule has 0 amide bonds. The molecule has 1 atom stereocenters. The minimum atomic E-state index is -4.48. The standard InChI is InChI=1S/C11H11ClF3NOS/c12-8-3-1-7(2-4-8)5-17-6-9(10(16)18)11(13,14)15/h1-4,9H,5-6H2,(H2,16,18). The lowest BCUT2D eigenvalue weighted by molar-refractivity contribution is -0.168. The Morgan fingerprint density at radius 1 is 1.33 bits per heavy atom. The lowest BCUT2D eigenvalue weighted by Crippen LogP contribution is -2.37. The van der Waals surface area contributed by atoms with Crippen LogP contribution in [0.25, 0.3) is 0 Å². The van der Waals surface area contributed by atoms with E-state index < -0.39 is 23.7 Å². The predicted molar refractivity (Wildman–Crippen MR) is 67.4 cm³/mol. The molecule has 0 aliphatic rings. The number of hydrogen-bond donors (Lipinski definition) is 1. The van der Waals surface area contributed by atoms with Crippen LogP contribution in [0.5, 0.6) is 0 Å². The molecule has 0 aromatic heterocycles. The van der Waals surface area contributed by atoms with E-state index in [4.69, 9.17) is 22.1 Å². The van der Waals surface area contributed by atoms with E-state index in [0.29, 0.717) is 5.02 Å². The summed E-state index contributed by atoms with van der Waals surface area (Å²) in [5.74, 6) is -1.92. The predicted octanol–water partition coefficient (Wildman–Crippen LogP) is 3.32. The molecule has 18 heavy (non-hydrogen) atoms. The van der Waals surface area contributed by atoms with E-state index in [0.717, 1.165) is 5.56 Å². The van der Waals surface area contributed by atoms with Gasteiger partial charge in [0, 0.05) is 5.02 Å². The summed E-state index contributed by atoms with van der Waals surface area (Å²) in [5.41, 5.74) is 5.76. The number of ether oxygens (including phenoxy) is 1. The number of benzene rings is 1. The molecule has 1 aromatic rings. The monoisotopic (exact) mass is 297 g/mol. The molecule has 0 saturated heterocycles. The molecule has 0 spiro atoms. The van der Waals surface area contributed by atoms with Gasteiger partial charge >= 0.3 is 6.18 Å². The second kappa shape index (κ2) is 6.36. The largest absolute Gasteiger partial charge is 0.400 e. The summed E-state index contributed by atoms with van der Waals surface area (Å²) in [5, 5.41) is 0.551. The fourth-order valence-electron chi connectivity index (χ4n) is 1.21. The highest BCUT2D eigenvalue weighted by molar-refractivity contribution is 7.80. The zero-order valence-electron chi connectivity index (χ0n) is 9.21. The Morgan fingerprint density at radius 3 is 2.33 bits per heavy atom. The van der Waals surface area contributed by atoms with Gasteiger partial charge in [0.1, 0.15) is 5.92 Å². The van der Waals surface area contributed by atoms with Crippen LogP contribution in [0, 0.1) is 5.92 Å². The number of halogens is 4. The molecule has 2 N–H and O–H groups in total. The fraction of sp³-hybridized carbons (Fsp3) is 0.364. The Kier molecular flexibility index (Phi) is 5.37. The SMILES string of the molecule is NC(=S)C(COCc1ccc(Cl)cc1)C(F)(F)F. The van der Waals surface area contributed by atoms with Gasteiger partial charge in [0.05, 0.1) is 18.2 Å². The average Bonchev–Trinajstić information content (AvgIpc) is 2.24. The summed E-state index contributed by atoms with van der Waals surface area (Å²) < 4.78 is 42.4. The van der Waals surface area contributed by atoms with E-state index in [1.807, 2.05) is 0 Å². The van der Waals surface area contributed by atoms with Gasteiger partial charge in [0.25, 0.3) is 0 Å². The Hall–Kier alpha value is -0.850. The summed E-state index contributed by atoms with van der Waals surface area (Å²) in [6.07, 6.45) is -4.48. The van der Waals surface area contributed by atoms with E-state index in [1.165, 1.54) is 0 Å². The van der Waals surface area contributed by atoms with Gasteiger partial charge in [0.15, 0.2) is 0 Å². The third-order valence-electron chi connectivity index (χ3n) is 2.21. The fourth-order valence-corrected chi connectivity index (χ4v) is 1.54. The average molecular weight is 298 g/mol. The molecule has 100 valence electrons. The third kappa shape index (κ3) is 4.80. The van der Waals surface area contributed by atoms with Crippen LogP contribution >= 0.6 is 23.8 Å². The molecule has 0 aliphatic heterocycles. The third-order valence-corrected chi connectivity index (χ3v) is 2.74. The second-order valence-electron chi connectivity index (χ2n) is 3.64. The van der Waals surface area contributed by atoms with Gasteiger partial charge in [-0.15, -0.1) is 0 Å². The molecule has 7 heteroatoms. The first kappa shape index (κ1) is 15.2.